The number of hydrogen-bond donors (Lipinski definition) is 3. The van der Waals surface area contributed by atoms with Crippen molar-refractivity contribution in [3.8, 4) is 22.9 Å². The molecule has 2 aromatic heterocycles. The number of fused-ring (bicyclic) bond motifs is 4. The number of imide groups is 1. The number of phenolic OH excluding ortho intramolecular Hbond substituents is 1. The summed E-state index contributed by atoms with van der Waals surface area (Å²) in [4.78, 5) is 55.4. The molecule has 3 saturated heterocycles. The van der Waals surface area contributed by atoms with Crippen LogP contribution in [0.3, 0.4) is 0 Å². The van der Waals surface area contributed by atoms with Crippen molar-refractivity contribution in [1.29, 1.82) is 0 Å². The molecule has 0 spiro atoms. The molecular weight excluding hydrogens is 707 g/mol. The van der Waals surface area contributed by atoms with Crippen LogP contribution in [0.4, 0.5) is 21.6 Å². The van der Waals surface area contributed by atoms with E-state index < -0.39 is 23.5 Å². The number of nitrogens with zero attached hydrogens (tertiary/aromatic N) is 8. The number of ether oxygens (including phenoxy) is 1. The number of aryl methyl sites for hydroxylation is 1. The second kappa shape index (κ2) is 13.4. The second-order valence-corrected chi connectivity index (χ2v) is 15.3. The first-order valence-electron chi connectivity index (χ1n) is 18.6. The Balaban J connectivity index is 0.809. The highest BCUT2D eigenvalue weighted by Crippen LogP contribution is 2.44. The Morgan fingerprint density at radius 1 is 1.05 bits per heavy atom. The van der Waals surface area contributed by atoms with Gasteiger partial charge in [0.05, 0.1) is 41.0 Å². The average Bonchev–Trinajstić information content (AvgIpc) is 3.69. The van der Waals surface area contributed by atoms with Gasteiger partial charge in [-0.1, -0.05) is 12.1 Å². The zero-order valence-electron chi connectivity index (χ0n) is 30.6. The molecule has 3 atom stereocenters. The van der Waals surface area contributed by atoms with Gasteiger partial charge in [0.2, 0.25) is 17.7 Å². The lowest BCUT2D eigenvalue weighted by atomic mass is 9.95. The van der Waals surface area contributed by atoms with Gasteiger partial charge in [0.25, 0.3) is 5.91 Å². The predicted molar refractivity (Wildman–Crippen MR) is 199 cm³/mol. The first-order chi connectivity index (χ1) is 26.5. The van der Waals surface area contributed by atoms with Crippen LogP contribution in [0.25, 0.3) is 11.3 Å². The number of piperazine rings is 1. The fourth-order valence-electron chi connectivity index (χ4n) is 8.57. The largest absolute Gasteiger partial charge is 0.504 e. The van der Waals surface area contributed by atoms with Crippen molar-refractivity contribution in [2.75, 3.05) is 54.4 Å². The normalized spacial score (nSPS) is 23.6. The zero-order valence-corrected chi connectivity index (χ0v) is 30.6. The van der Waals surface area contributed by atoms with E-state index in [2.05, 4.69) is 42.5 Å². The minimum absolute atomic E-state index is 0.167. The minimum atomic E-state index is -0.714. The summed E-state index contributed by atoms with van der Waals surface area (Å²) < 4.78 is 20.6. The van der Waals surface area contributed by atoms with Gasteiger partial charge in [-0.15, -0.1) is 10.2 Å². The third-order valence-corrected chi connectivity index (χ3v) is 11.5. The van der Waals surface area contributed by atoms with Crippen molar-refractivity contribution < 1.29 is 28.6 Å². The van der Waals surface area contributed by atoms with E-state index >= 15 is 0 Å². The monoisotopic (exact) mass is 748 g/mol. The summed E-state index contributed by atoms with van der Waals surface area (Å²) in [5, 5.41) is 24.7. The topological polar surface area (TPSA) is 169 Å². The molecule has 3 unspecified atom stereocenters. The summed E-state index contributed by atoms with van der Waals surface area (Å²) in [6.07, 6.45) is 2.92. The Bertz CT molecular complexity index is 2230. The number of anilines is 3. The molecule has 2 aromatic carbocycles. The number of halogens is 1. The SMILES string of the molecule is Cc1nc(CN2CCN(c3ccc4c(c3)C(=O)N(C3CCC(=O)NC3=O)C4)CC2)cnc1OC1CN2c3cc(-c4cccc(F)c4O)nnc3NCC2(C)C1. The smallest absolute Gasteiger partial charge is 0.255 e. The number of piperidine rings is 1. The summed E-state index contributed by atoms with van der Waals surface area (Å²) in [6.45, 7) is 9.49. The number of nitrogens with one attached hydrogen (secondary N) is 2. The lowest BCUT2D eigenvalue weighted by Gasteiger charge is -2.41. The van der Waals surface area contributed by atoms with Gasteiger partial charge < -0.3 is 29.9 Å². The average molecular weight is 749 g/mol. The van der Waals surface area contributed by atoms with E-state index in [1.54, 1.807) is 17.2 Å². The van der Waals surface area contributed by atoms with Gasteiger partial charge in [-0.3, -0.25) is 24.6 Å². The maximum Gasteiger partial charge on any atom is 0.255 e. The predicted octanol–water partition coefficient (Wildman–Crippen LogP) is 3.01. The van der Waals surface area contributed by atoms with Crippen molar-refractivity contribution in [2.24, 2.45) is 0 Å². The molecule has 5 aliphatic heterocycles. The zero-order chi connectivity index (χ0) is 38.0. The number of benzene rings is 2. The second-order valence-electron chi connectivity index (χ2n) is 15.3. The number of aromatic nitrogens is 4. The molecule has 15 nitrogen and oxygen atoms in total. The third-order valence-electron chi connectivity index (χ3n) is 11.5. The van der Waals surface area contributed by atoms with E-state index in [0.29, 0.717) is 61.2 Å². The fourth-order valence-corrected chi connectivity index (χ4v) is 8.57. The number of para-hydroxylation sites is 1. The summed E-state index contributed by atoms with van der Waals surface area (Å²) in [5.74, 6) is -0.916. The summed E-state index contributed by atoms with van der Waals surface area (Å²) in [6, 6.07) is 11.5. The van der Waals surface area contributed by atoms with E-state index in [0.717, 1.165) is 55.2 Å². The molecule has 284 valence electrons. The van der Waals surface area contributed by atoms with Gasteiger partial charge >= 0.3 is 0 Å². The van der Waals surface area contributed by atoms with Crippen molar-refractivity contribution in [3.05, 3.63) is 77.0 Å². The highest BCUT2D eigenvalue weighted by molar-refractivity contribution is 6.05. The van der Waals surface area contributed by atoms with Crippen LogP contribution in [0.1, 0.15) is 53.5 Å². The maximum absolute atomic E-state index is 14.1. The summed E-state index contributed by atoms with van der Waals surface area (Å²) in [7, 11) is 0. The van der Waals surface area contributed by atoms with Crippen LogP contribution in [0.15, 0.2) is 48.7 Å². The Hall–Kier alpha value is -5.90. The number of rotatable bonds is 7. The van der Waals surface area contributed by atoms with Crippen molar-refractivity contribution in [1.82, 2.24) is 35.3 Å². The Labute approximate surface area is 316 Å². The van der Waals surface area contributed by atoms with Gasteiger partial charge in [-0.05, 0) is 56.2 Å². The maximum atomic E-state index is 14.1. The van der Waals surface area contributed by atoms with Crippen LogP contribution in [-0.4, -0.2) is 110 Å². The van der Waals surface area contributed by atoms with Crippen LogP contribution in [-0.2, 0) is 22.7 Å². The molecule has 0 bridgehead atoms. The number of aromatic hydroxyl groups is 1. The first-order valence-corrected chi connectivity index (χ1v) is 18.6. The highest BCUT2D eigenvalue weighted by atomic mass is 19.1. The lowest BCUT2D eigenvalue weighted by molar-refractivity contribution is -0.136. The van der Waals surface area contributed by atoms with E-state index in [1.165, 1.54) is 12.1 Å². The van der Waals surface area contributed by atoms with E-state index in [-0.39, 0.29) is 35.4 Å². The van der Waals surface area contributed by atoms with Gasteiger partial charge in [-0.25, -0.2) is 14.4 Å². The molecule has 3 amide bonds. The fraction of sp³-hybridized carbons (Fsp3) is 0.410. The molecule has 4 aromatic rings. The third kappa shape index (κ3) is 6.33. The Morgan fingerprint density at radius 2 is 1.89 bits per heavy atom. The molecule has 0 radical (unpaired) electrons. The lowest BCUT2D eigenvalue weighted by Crippen LogP contribution is -2.52. The molecule has 55 heavy (non-hydrogen) atoms. The van der Waals surface area contributed by atoms with Crippen molar-refractivity contribution >= 4 is 34.9 Å². The number of carbonyl (C=O) groups excluding carboxylic acids is 3. The molecule has 5 aliphatic rings. The molecule has 9 rings (SSSR count). The molecule has 3 N–H and O–H groups in total. The molecule has 0 aliphatic carbocycles. The van der Waals surface area contributed by atoms with Crippen LogP contribution in [0.2, 0.25) is 0 Å². The van der Waals surface area contributed by atoms with Crippen LogP contribution in [0, 0.1) is 12.7 Å². The van der Waals surface area contributed by atoms with E-state index in [4.69, 9.17) is 14.7 Å². The number of hydrogen-bond acceptors (Lipinski definition) is 13. The number of phenols is 1. The van der Waals surface area contributed by atoms with Gasteiger partial charge in [0.15, 0.2) is 17.4 Å². The molecule has 3 fully saturated rings. The highest BCUT2D eigenvalue weighted by Gasteiger charge is 2.47. The van der Waals surface area contributed by atoms with E-state index in [1.807, 2.05) is 31.2 Å². The minimum Gasteiger partial charge on any atom is -0.504 e. The van der Waals surface area contributed by atoms with Crippen molar-refractivity contribution in [2.45, 2.75) is 63.9 Å². The summed E-state index contributed by atoms with van der Waals surface area (Å²) in [5.41, 5.74) is 5.25. The molecule has 7 heterocycles. The Morgan fingerprint density at radius 3 is 2.69 bits per heavy atom. The Kier molecular flexibility index (Phi) is 8.51. The summed E-state index contributed by atoms with van der Waals surface area (Å²) >= 11 is 0. The van der Waals surface area contributed by atoms with Crippen LogP contribution >= 0.6 is 0 Å². The van der Waals surface area contributed by atoms with E-state index in [9.17, 15) is 23.9 Å². The first kappa shape index (κ1) is 34.8. The molecular formula is C39H41FN10O5. The quantitative estimate of drug-likeness (QED) is 0.236. The number of amides is 3. The molecule has 0 saturated carbocycles. The van der Waals surface area contributed by atoms with Crippen LogP contribution < -0.4 is 25.2 Å². The van der Waals surface area contributed by atoms with Crippen LogP contribution in [0.5, 0.6) is 11.6 Å². The van der Waals surface area contributed by atoms with Gasteiger partial charge in [-0.2, -0.15) is 0 Å². The standard InChI is InChI=1S/C39H41FN10O5/c1-22-37(55-26-16-39(2)21-42-35-32(50(39)20-26)15-30(45-46-35)27-4-3-5-29(40)34(27)52)41-17-24(43-22)19-47-10-12-48(13-11-47)25-7-6-23-18-49(38(54)28(23)14-25)31-8-9-33(51)44-36(31)53/h3-7,14-15,17,26,31,52H,8-13,16,18-21H2,1-2H3,(H,42,46)(H,44,51,53). The number of carbonyl (C=O) groups is 3. The molecule has 16 heteroatoms. The van der Waals surface area contributed by atoms with Crippen molar-refractivity contribution in [3.63, 3.8) is 0 Å². The van der Waals surface area contributed by atoms with Gasteiger partial charge in [0.1, 0.15) is 12.1 Å². The van der Waals surface area contributed by atoms with Gasteiger partial charge in [0, 0.05) is 75.5 Å².